The highest BCUT2D eigenvalue weighted by atomic mass is 15.3. The van der Waals surface area contributed by atoms with E-state index in [1.54, 1.807) is 0 Å². The van der Waals surface area contributed by atoms with Crippen molar-refractivity contribution >= 4 is 0 Å². The lowest BCUT2D eigenvalue weighted by Gasteiger charge is -2.24. The average molecular weight is 284 g/mol. The van der Waals surface area contributed by atoms with Gasteiger partial charge in [-0.25, -0.2) is 4.98 Å². The van der Waals surface area contributed by atoms with Crippen LogP contribution in [-0.2, 0) is 13.5 Å². The quantitative estimate of drug-likeness (QED) is 0.864. The Balaban J connectivity index is 1.88. The van der Waals surface area contributed by atoms with E-state index >= 15 is 0 Å². The third-order valence-corrected chi connectivity index (χ3v) is 4.49. The molecule has 1 atom stereocenters. The van der Waals surface area contributed by atoms with E-state index in [2.05, 4.69) is 53.1 Å². The molecule has 0 amide bonds. The van der Waals surface area contributed by atoms with Crippen LogP contribution in [0.2, 0.25) is 0 Å². The van der Waals surface area contributed by atoms with Gasteiger partial charge in [0.25, 0.3) is 0 Å². The molecule has 1 fully saturated rings. The fraction of sp³-hybridized carbons (Fsp3) is 0.529. The fourth-order valence-electron chi connectivity index (χ4n) is 3.12. The standard InChI is InChI=1S/C17H24N4/c1-4-16-18-17(19-20(16)3)15-9-7-8-14(12-15)13(2)21-10-5-6-11-21/h7-9,12-13H,4-6,10-11H2,1-3H3/t13-/m0/s1. The molecule has 1 aromatic carbocycles. The molecular formula is C17H24N4. The van der Waals surface area contributed by atoms with Crippen molar-refractivity contribution in [2.24, 2.45) is 7.05 Å². The van der Waals surface area contributed by atoms with Gasteiger partial charge >= 0.3 is 0 Å². The first-order valence-corrected chi connectivity index (χ1v) is 7.93. The van der Waals surface area contributed by atoms with Gasteiger partial charge in [0.15, 0.2) is 5.82 Å². The minimum atomic E-state index is 0.474. The van der Waals surface area contributed by atoms with Crippen LogP contribution >= 0.6 is 0 Å². The van der Waals surface area contributed by atoms with E-state index in [1.807, 2.05) is 11.7 Å². The molecule has 4 heteroatoms. The number of aryl methyl sites for hydroxylation is 2. The summed E-state index contributed by atoms with van der Waals surface area (Å²) in [6.45, 7) is 6.84. The predicted octanol–water partition coefficient (Wildman–Crippen LogP) is 3.20. The monoisotopic (exact) mass is 284 g/mol. The van der Waals surface area contributed by atoms with Gasteiger partial charge in [0, 0.05) is 25.1 Å². The zero-order valence-electron chi connectivity index (χ0n) is 13.2. The molecule has 1 aromatic heterocycles. The van der Waals surface area contributed by atoms with Crippen molar-refractivity contribution in [2.75, 3.05) is 13.1 Å². The summed E-state index contributed by atoms with van der Waals surface area (Å²) in [7, 11) is 1.96. The number of hydrogen-bond acceptors (Lipinski definition) is 3. The topological polar surface area (TPSA) is 34.0 Å². The third-order valence-electron chi connectivity index (χ3n) is 4.49. The molecule has 2 aromatic rings. The Morgan fingerprint density at radius 1 is 1.24 bits per heavy atom. The highest BCUT2D eigenvalue weighted by Gasteiger charge is 2.20. The van der Waals surface area contributed by atoms with Gasteiger partial charge in [-0.05, 0) is 44.5 Å². The maximum atomic E-state index is 4.63. The number of nitrogens with zero attached hydrogens (tertiary/aromatic N) is 4. The van der Waals surface area contributed by atoms with Gasteiger partial charge in [-0.1, -0.05) is 25.1 Å². The minimum Gasteiger partial charge on any atom is -0.297 e. The summed E-state index contributed by atoms with van der Waals surface area (Å²) in [6, 6.07) is 9.17. The molecule has 4 nitrogen and oxygen atoms in total. The second-order valence-corrected chi connectivity index (χ2v) is 5.87. The summed E-state index contributed by atoms with van der Waals surface area (Å²) in [5, 5.41) is 4.54. The Morgan fingerprint density at radius 2 is 2.00 bits per heavy atom. The molecule has 1 aliphatic heterocycles. The Kier molecular flexibility index (Phi) is 4.06. The third kappa shape index (κ3) is 2.86. The molecule has 0 bridgehead atoms. The molecule has 0 N–H and O–H groups in total. The van der Waals surface area contributed by atoms with E-state index in [-0.39, 0.29) is 0 Å². The van der Waals surface area contributed by atoms with Gasteiger partial charge in [-0.3, -0.25) is 9.58 Å². The van der Waals surface area contributed by atoms with E-state index in [0.29, 0.717) is 6.04 Å². The first-order valence-electron chi connectivity index (χ1n) is 7.93. The number of aromatic nitrogens is 3. The van der Waals surface area contributed by atoms with Crippen LogP contribution in [0.3, 0.4) is 0 Å². The number of rotatable bonds is 4. The predicted molar refractivity (Wildman–Crippen MR) is 85.0 cm³/mol. The van der Waals surface area contributed by atoms with Crippen molar-refractivity contribution in [1.82, 2.24) is 19.7 Å². The van der Waals surface area contributed by atoms with Gasteiger partial charge in [0.1, 0.15) is 5.82 Å². The first kappa shape index (κ1) is 14.3. The summed E-state index contributed by atoms with van der Waals surface area (Å²) >= 11 is 0. The highest BCUT2D eigenvalue weighted by Crippen LogP contribution is 2.27. The average Bonchev–Trinajstić information content (AvgIpc) is 3.16. The van der Waals surface area contributed by atoms with E-state index in [0.717, 1.165) is 23.6 Å². The summed E-state index contributed by atoms with van der Waals surface area (Å²) < 4.78 is 1.88. The molecule has 112 valence electrons. The molecule has 0 unspecified atom stereocenters. The Bertz CT molecular complexity index is 611. The molecule has 0 spiro atoms. The maximum Gasteiger partial charge on any atom is 0.181 e. The zero-order chi connectivity index (χ0) is 14.8. The number of benzene rings is 1. The van der Waals surface area contributed by atoms with Crippen molar-refractivity contribution in [3.63, 3.8) is 0 Å². The smallest absolute Gasteiger partial charge is 0.181 e. The van der Waals surface area contributed by atoms with Crippen molar-refractivity contribution in [3.8, 4) is 11.4 Å². The first-order chi connectivity index (χ1) is 10.2. The molecule has 21 heavy (non-hydrogen) atoms. The van der Waals surface area contributed by atoms with Gasteiger partial charge in [-0.15, -0.1) is 0 Å². The molecule has 0 aliphatic carbocycles. The van der Waals surface area contributed by atoms with Crippen molar-refractivity contribution < 1.29 is 0 Å². The summed E-state index contributed by atoms with van der Waals surface area (Å²) in [6.07, 6.45) is 3.56. The van der Waals surface area contributed by atoms with Crippen molar-refractivity contribution in [3.05, 3.63) is 35.7 Å². The largest absolute Gasteiger partial charge is 0.297 e. The number of hydrogen-bond donors (Lipinski definition) is 0. The van der Waals surface area contributed by atoms with Crippen molar-refractivity contribution in [1.29, 1.82) is 0 Å². The van der Waals surface area contributed by atoms with E-state index in [1.165, 1.54) is 31.5 Å². The number of likely N-dealkylation sites (tertiary alicyclic amines) is 1. The van der Waals surface area contributed by atoms with E-state index < -0.39 is 0 Å². The lowest BCUT2D eigenvalue weighted by atomic mass is 10.0. The molecule has 0 saturated carbocycles. The summed E-state index contributed by atoms with van der Waals surface area (Å²) in [5.74, 6) is 1.87. The van der Waals surface area contributed by atoms with Gasteiger partial charge in [0.05, 0.1) is 0 Å². The van der Waals surface area contributed by atoms with Crippen molar-refractivity contribution in [2.45, 2.75) is 39.2 Å². The van der Waals surface area contributed by atoms with Crippen LogP contribution in [0.25, 0.3) is 11.4 Å². The Morgan fingerprint density at radius 3 is 2.67 bits per heavy atom. The Labute approximate surface area is 126 Å². The second-order valence-electron chi connectivity index (χ2n) is 5.87. The molecule has 1 saturated heterocycles. The van der Waals surface area contributed by atoms with E-state index in [9.17, 15) is 0 Å². The van der Waals surface area contributed by atoms with Crippen LogP contribution in [-0.4, -0.2) is 32.8 Å². The SMILES string of the molecule is CCc1nc(-c2cccc([C@H](C)N3CCCC3)c2)nn1C. The van der Waals surface area contributed by atoms with Crippen LogP contribution in [0, 0.1) is 0 Å². The van der Waals surface area contributed by atoms with Crippen LogP contribution in [0.1, 0.15) is 44.1 Å². The Hall–Kier alpha value is -1.68. The van der Waals surface area contributed by atoms with Crippen LogP contribution < -0.4 is 0 Å². The van der Waals surface area contributed by atoms with Gasteiger partial charge < -0.3 is 0 Å². The maximum absolute atomic E-state index is 4.63. The fourth-order valence-corrected chi connectivity index (χ4v) is 3.12. The van der Waals surface area contributed by atoms with Gasteiger partial charge in [0.2, 0.25) is 0 Å². The van der Waals surface area contributed by atoms with E-state index in [4.69, 9.17) is 0 Å². The summed E-state index contributed by atoms with van der Waals surface area (Å²) in [5.41, 5.74) is 2.48. The van der Waals surface area contributed by atoms with Crippen LogP contribution in [0.15, 0.2) is 24.3 Å². The summed E-state index contributed by atoms with van der Waals surface area (Å²) in [4.78, 5) is 7.19. The zero-order valence-corrected chi connectivity index (χ0v) is 13.2. The van der Waals surface area contributed by atoms with Crippen LogP contribution in [0.5, 0.6) is 0 Å². The molecule has 2 heterocycles. The van der Waals surface area contributed by atoms with Gasteiger partial charge in [-0.2, -0.15) is 5.10 Å². The second kappa shape index (κ2) is 5.98. The van der Waals surface area contributed by atoms with Crippen LogP contribution in [0.4, 0.5) is 0 Å². The lowest BCUT2D eigenvalue weighted by molar-refractivity contribution is 0.263. The molecule has 1 aliphatic rings. The minimum absolute atomic E-state index is 0.474. The normalized spacial score (nSPS) is 17.3. The lowest BCUT2D eigenvalue weighted by Crippen LogP contribution is -2.23. The molecule has 3 rings (SSSR count). The molecule has 0 radical (unpaired) electrons. The highest BCUT2D eigenvalue weighted by molar-refractivity contribution is 5.56. The molecular weight excluding hydrogens is 260 g/mol.